The molecule has 29 heavy (non-hydrogen) atoms. The molecule has 0 amide bonds. The summed E-state index contributed by atoms with van der Waals surface area (Å²) in [7, 11) is 1.91. The highest BCUT2D eigenvalue weighted by Crippen LogP contribution is 2.24. The molecule has 2 heterocycles. The van der Waals surface area contributed by atoms with Crippen LogP contribution in [0, 0.1) is 12.8 Å². The van der Waals surface area contributed by atoms with Gasteiger partial charge >= 0.3 is 0 Å². The molecule has 0 bridgehead atoms. The van der Waals surface area contributed by atoms with Gasteiger partial charge in [-0.1, -0.05) is 33.1 Å². The number of nitrogens with one attached hydrogen (secondary N) is 1. The van der Waals surface area contributed by atoms with Gasteiger partial charge in [0.15, 0.2) is 0 Å². The molecule has 0 radical (unpaired) electrons. The maximum absolute atomic E-state index is 6.07. The van der Waals surface area contributed by atoms with E-state index in [0.717, 1.165) is 53.6 Å². The molecule has 0 saturated carbocycles. The third kappa shape index (κ3) is 7.86. The number of ether oxygens (including phenoxy) is 1. The SMILES string of the molecule is C=CC=NC(=C/C(=C)c1cn(C)nc1C)/C(C)=C(\C)OCC1CCCNC1.CC. The molecule has 1 aliphatic heterocycles. The average Bonchev–Trinajstić information content (AvgIpc) is 3.09. The van der Waals surface area contributed by atoms with Crippen LogP contribution in [0.5, 0.6) is 0 Å². The van der Waals surface area contributed by atoms with Crippen LogP contribution in [0.2, 0.25) is 0 Å². The highest BCUT2D eigenvalue weighted by molar-refractivity contribution is 5.77. The van der Waals surface area contributed by atoms with Crippen LogP contribution in [0.4, 0.5) is 0 Å². The second kappa shape index (κ2) is 12.9. The zero-order valence-corrected chi connectivity index (χ0v) is 19.1. The van der Waals surface area contributed by atoms with Crippen molar-refractivity contribution in [1.29, 1.82) is 0 Å². The molecular weight excluding hydrogens is 360 g/mol. The van der Waals surface area contributed by atoms with Gasteiger partial charge in [0.2, 0.25) is 0 Å². The number of allylic oxidation sites excluding steroid dienone is 5. The Labute approximate surface area is 177 Å². The lowest BCUT2D eigenvalue weighted by atomic mass is 10.0. The number of hydrogen-bond acceptors (Lipinski definition) is 4. The predicted molar refractivity (Wildman–Crippen MR) is 125 cm³/mol. The second-order valence-electron chi connectivity index (χ2n) is 7.08. The fourth-order valence-corrected chi connectivity index (χ4v) is 3.13. The summed E-state index contributed by atoms with van der Waals surface area (Å²) < 4.78 is 7.87. The Kier molecular flexibility index (Phi) is 11.0. The van der Waals surface area contributed by atoms with Gasteiger partial charge in [0.1, 0.15) is 0 Å². The molecule has 1 fully saturated rings. The van der Waals surface area contributed by atoms with Crippen molar-refractivity contribution < 1.29 is 4.74 Å². The molecule has 5 nitrogen and oxygen atoms in total. The molecule has 0 aliphatic carbocycles. The number of aryl methyl sites for hydroxylation is 2. The molecule has 1 aromatic rings. The Morgan fingerprint density at radius 3 is 2.69 bits per heavy atom. The fourth-order valence-electron chi connectivity index (χ4n) is 3.13. The maximum atomic E-state index is 6.07. The first-order valence-electron chi connectivity index (χ1n) is 10.5. The smallest absolute Gasteiger partial charge is 0.0979 e. The molecule has 1 atom stereocenters. The number of rotatable bonds is 8. The second-order valence-corrected chi connectivity index (χ2v) is 7.08. The lowest BCUT2D eigenvalue weighted by Crippen LogP contribution is -2.32. The molecule has 0 spiro atoms. The minimum Gasteiger partial charge on any atom is -0.498 e. The number of hydrogen-bond donors (Lipinski definition) is 1. The van der Waals surface area contributed by atoms with E-state index < -0.39 is 0 Å². The molecule has 160 valence electrons. The van der Waals surface area contributed by atoms with E-state index in [-0.39, 0.29) is 0 Å². The van der Waals surface area contributed by atoms with Gasteiger partial charge in [-0.25, -0.2) is 0 Å². The summed E-state index contributed by atoms with van der Waals surface area (Å²) in [5.74, 6) is 1.46. The Morgan fingerprint density at radius 1 is 1.41 bits per heavy atom. The summed E-state index contributed by atoms with van der Waals surface area (Å²) >= 11 is 0. The third-order valence-corrected chi connectivity index (χ3v) is 4.84. The van der Waals surface area contributed by atoms with Crippen LogP contribution >= 0.6 is 0 Å². The third-order valence-electron chi connectivity index (χ3n) is 4.84. The summed E-state index contributed by atoms with van der Waals surface area (Å²) in [5.41, 5.74) is 4.66. The van der Waals surface area contributed by atoms with Gasteiger partial charge in [-0.05, 0) is 51.8 Å². The highest BCUT2D eigenvalue weighted by Gasteiger charge is 2.15. The molecule has 5 heteroatoms. The number of aromatic nitrogens is 2. The summed E-state index contributed by atoms with van der Waals surface area (Å²) in [5, 5.41) is 7.82. The standard InChI is InChI=1S/C22H32N4O.C2H6/c1-7-10-24-22(12-16(2)21-14-26(6)25-18(21)4)17(3)19(5)27-15-20-9-8-11-23-13-20;1-2/h7,10,12,14,20,23H,1-2,8-9,11,13,15H2,3-6H3;1-2H3/b19-17+,22-12+,24-10?;. The summed E-state index contributed by atoms with van der Waals surface area (Å²) in [6.45, 7) is 20.8. The van der Waals surface area contributed by atoms with Crippen LogP contribution in [0.25, 0.3) is 5.57 Å². The van der Waals surface area contributed by atoms with E-state index >= 15 is 0 Å². The molecule has 1 unspecified atom stereocenters. The zero-order chi connectivity index (χ0) is 21.8. The van der Waals surface area contributed by atoms with Crippen molar-refractivity contribution in [3.8, 4) is 0 Å². The molecule has 1 saturated heterocycles. The van der Waals surface area contributed by atoms with Gasteiger partial charge in [0, 0.05) is 43.1 Å². The molecule has 1 aromatic heterocycles. The van der Waals surface area contributed by atoms with E-state index in [0.29, 0.717) is 5.92 Å². The van der Waals surface area contributed by atoms with E-state index in [1.54, 1.807) is 17.0 Å². The van der Waals surface area contributed by atoms with Crippen LogP contribution in [-0.4, -0.2) is 35.7 Å². The van der Waals surface area contributed by atoms with Gasteiger partial charge in [0.05, 0.1) is 23.8 Å². The Balaban J connectivity index is 0.00000204. The van der Waals surface area contributed by atoms with Gasteiger partial charge < -0.3 is 10.1 Å². The van der Waals surface area contributed by atoms with Crippen molar-refractivity contribution in [2.45, 2.75) is 47.5 Å². The molecule has 1 aliphatic rings. The molecular formula is C24H38N4O. The van der Waals surface area contributed by atoms with Crippen molar-refractivity contribution >= 4 is 11.8 Å². The maximum Gasteiger partial charge on any atom is 0.0979 e. The Hall–Kier alpha value is -2.40. The minimum atomic E-state index is 0.568. The molecule has 2 rings (SSSR count). The van der Waals surface area contributed by atoms with E-state index in [1.807, 2.05) is 53.9 Å². The van der Waals surface area contributed by atoms with Gasteiger partial charge in [-0.15, -0.1) is 0 Å². The summed E-state index contributed by atoms with van der Waals surface area (Å²) in [4.78, 5) is 4.54. The van der Waals surface area contributed by atoms with Gasteiger partial charge in [0.25, 0.3) is 0 Å². The highest BCUT2D eigenvalue weighted by atomic mass is 16.5. The summed E-state index contributed by atoms with van der Waals surface area (Å²) in [6.07, 6.45) is 9.75. The lowest BCUT2D eigenvalue weighted by molar-refractivity contribution is 0.148. The van der Waals surface area contributed by atoms with E-state index in [2.05, 4.69) is 28.6 Å². The molecule has 0 aromatic carbocycles. The van der Waals surface area contributed by atoms with Crippen LogP contribution in [0.15, 0.2) is 53.5 Å². The lowest BCUT2D eigenvalue weighted by Gasteiger charge is -2.23. The first kappa shape index (κ1) is 24.6. The van der Waals surface area contributed by atoms with Crippen molar-refractivity contribution in [2.75, 3.05) is 19.7 Å². The Bertz CT molecular complexity index is 762. The number of nitrogens with zero attached hydrogens (tertiary/aromatic N) is 3. The Morgan fingerprint density at radius 2 is 2.14 bits per heavy atom. The topological polar surface area (TPSA) is 51.4 Å². The van der Waals surface area contributed by atoms with Crippen LogP contribution in [0.1, 0.15) is 51.8 Å². The minimum absolute atomic E-state index is 0.568. The van der Waals surface area contributed by atoms with Crippen LogP contribution < -0.4 is 5.32 Å². The van der Waals surface area contributed by atoms with Crippen molar-refractivity contribution in [1.82, 2.24) is 15.1 Å². The van der Waals surface area contributed by atoms with Crippen molar-refractivity contribution in [3.05, 3.63) is 59.8 Å². The molecule has 1 N–H and O–H groups in total. The first-order chi connectivity index (χ1) is 13.9. The van der Waals surface area contributed by atoms with Crippen LogP contribution in [0.3, 0.4) is 0 Å². The summed E-state index contributed by atoms with van der Waals surface area (Å²) in [6, 6.07) is 0. The van der Waals surface area contributed by atoms with Crippen LogP contribution in [-0.2, 0) is 11.8 Å². The van der Waals surface area contributed by atoms with Gasteiger partial charge in [-0.2, -0.15) is 5.10 Å². The number of piperidine rings is 1. The van der Waals surface area contributed by atoms with Gasteiger partial charge in [-0.3, -0.25) is 9.67 Å². The van der Waals surface area contributed by atoms with E-state index in [1.165, 1.54) is 12.8 Å². The predicted octanol–water partition coefficient (Wildman–Crippen LogP) is 5.22. The average molecular weight is 399 g/mol. The zero-order valence-electron chi connectivity index (χ0n) is 19.1. The monoisotopic (exact) mass is 398 g/mol. The normalized spacial score (nSPS) is 18.0. The van der Waals surface area contributed by atoms with E-state index in [9.17, 15) is 0 Å². The fraction of sp³-hybridized carbons (Fsp3) is 0.500. The quantitative estimate of drug-likeness (QED) is 0.371. The van der Waals surface area contributed by atoms with Crippen molar-refractivity contribution in [3.63, 3.8) is 0 Å². The van der Waals surface area contributed by atoms with Crippen molar-refractivity contribution in [2.24, 2.45) is 18.0 Å². The van der Waals surface area contributed by atoms with E-state index in [4.69, 9.17) is 4.74 Å². The largest absolute Gasteiger partial charge is 0.498 e. The number of aliphatic imine (C=N–C) groups is 1. The first-order valence-corrected chi connectivity index (χ1v) is 10.5.